The van der Waals surface area contributed by atoms with Crippen molar-refractivity contribution in [2.45, 2.75) is 26.9 Å². The van der Waals surface area contributed by atoms with Gasteiger partial charge in [-0.2, -0.15) is 0 Å². The van der Waals surface area contributed by atoms with Crippen molar-refractivity contribution in [3.63, 3.8) is 0 Å². The average molecular weight is 408 g/mol. The van der Waals surface area contributed by atoms with E-state index >= 15 is 0 Å². The highest BCUT2D eigenvalue weighted by molar-refractivity contribution is 5.87. The van der Waals surface area contributed by atoms with Crippen LogP contribution >= 0.6 is 0 Å². The molecule has 3 aromatic rings. The largest absolute Gasteiger partial charge is 0.493 e. The Bertz CT molecular complexity index is 1020. The molecule has 0 aliphatic carbocycles. The highest BCUT2D eigenvalue weighted by Gasteiger charge is 2.18. The van der Waals surface area contributed by atoms with Gasteiger partial charge in [-0.3, -0.25) is 0 Å². The van der Waals surface area contributed by atoms with Crippen molar-refractivity contribution in [2.75, 3.05) is 13.7 Å². The molecule has 0 aliphatic rings. The molecule has 3 rings (SSSR count). The standard InChI is InChI=1S/C23H24N2O5/c1-5-28-19-12-8-17(14-20(19)27-4)9-13-21(26)29-16(3)22-24-25-23(30-22)18-10-6-15(2)7-11-18/h6-14,16H,5H2,1-4H3/b13-9+. The Hall–Kier alpha value is -3.61. The van der Waals surface area contributed by atoms with Crippen molar-refractivity contribution >= 4 is 12.0 Å². The Labute approximate surface area is 175 Å². The number of nitrogens with zero attached hydrogens (tertiary/aromatic N) is 2. The van der Waals surface area contributed by atoms with Crippen LogP contribution in [-0.4, -0.2) is 29.9 Å². The molecule has 0 N–H and O–H groups in total. The maximum absolute atomic E-state index is 12.2. The zero-order chi connectivity index (χ0) is 21.5. The van der Waals surface area contributed by atoms with E-state index in [-0.39, 0.29) is 5.89 Å². The minimum absolute atomic E-state index is 0.232. The fourth-order valence-corrected chi connectivity index (χ4v) is 2.70. The second-order valence-electron chi connectivity index (χ2n) is 6.57. The Morgan fingerprint density at radius 2 is 1.90 bits per heavy atom. The topological polar surface area (TPSA) is 83.7 Å². The second-order valence-corrected chi connectivity index (χ2v) is 6.57. The summed E-state index contributed by atoms with van der Waals surface area (Å²) in [6.07, 6.45) is 2.30. The summed E-state index contributed by atoms with van der Waals surface area (Å²) in [5.41, 5.74) is 2.72. The summed E-state index contributed by atoms with van der Waals surface area (Å²) < 4.78 is 21.8. The van der Waals surface area contributed by atoms with Gasteiger partial charge in [0.1, 0.15) is 0 Å². The van der Waals surface area contributed by atoms with Gasteiger partial charge >= 0.3 is 5.97 Å². The quantitative estimate of drug-likeness (QED) is 0.392. The lowest BCUT2D eigenvalue weighted by Crippen LogP contribution is -2.06. The van der Waals surface area contributed by atoms with Gasteiger partial charge in [0.2, 0.25) is 5.89 Å². The minimum Gasteiger partial charge on any atom is -0.493 e. The fraction of sp³-hybridized carbons (Fsp3) is 0.261. The van der Waals surface area contributed by atoms with Crippen LogP contribution in [0.3, 0.4) is 0 Å². The molecule has 0 fully saturated rings. The molecule has 1 aromatic heterocycles. The summed E-state index contributed by atoms with van der Waals surface area (Å²) in [5.74, 6) is 1.33. The Morgan fingerprint density at radius 3 is 2.60 bits per heavy atom. The highest BCUT2D eigenvalue weighted by atomic mass is 16.6. The predicted molar refractivity (Wildman–Crippen MR) is 112 cm³/mol. The Kier molecular flexibility index (Phi) is 6.85. The number of rotatable bonds is 8. The van der Waals surface area contributed by atoms with Crippen LogP contribution < -0.4 is 9.47 Å². The third kappa shape index (κ3) is 5.26. The van der Waals surface area contributed by atoms with Crippen molar-refractivity contribution in [3.05, 3.63) is 65.6 Å². The van der Waals surface area contributed by atoms with Crippen molar-refractivity contribution in [1.82, 2.24) is 10.2 Å². The van der Waals surface area contributed by atoms with Gasteiger partial charge in [-0.05, 0) is 56.7 Å². The van der Waals surface area contributed by atoms with E-state index in [4.69, 9.17) is 18.6 Å². The van der Waals surface area contributed by atoms with Crippen molar-refractivity contribution in [2.24, 2.45) is 0 Å². The molecule has 2 aromatic carbocycles. The second kappa shape index (κ2) is 9.73. The van der Waals surface area contributed by atoms with Crippen LogP contribution in [0.25, 0.3) is 17.5 Å². The number of esters is 1. The molecule has 0 saturated carbocycles. The first-order valence-corrected chi connectivity index (χ1v) is 9.60. The van der Waals surface area contributed by atoms with Crippen molar-refractivity contribution < 1.29 is 23.4 Å². The van der Waals surface area contributed by atoms with Gasteiger partial charge in [0.15, 0.2) is 17.6 Å². The third-order valence-corrected chi connectivity index (χ3v) is 4.28. The molecule has 0 amide bonds. The van der Waals surface area contributed by atoms with Crippen molar-refractivity contribution in [3.8, 4) is 23.0 Å². The van der Waals surface area contributed by atoms with E-state index in [0.29, 0.717) is 24.0 Å². The number of aromatic nitrogens is 2. The van der Waals surface area contributed by atoms with E-state index in [9.17, 15) is 4.79 Å². The third-order valence-electron chi connectivity index (χ3n) is 4.28. The fourth-order valence-electron chi connectivity index (χ4n) is 2.70. The monoisotopic (exact) mass is 408 g/mol. The van der Waals surface area contributed by atoms with Gasteiger partial charge < -0.3 is 18.6 Å². The van der Waals surface area contributed by atoms with Crippen LogP contribution in [0.5, 0.6) is 11.5 Å². The smallest absolute Gasteiger partial charge is 0.331 e. The molecule has 1 unspecified atom stereocenters. The maximum Gasteiger partial charge on any atom is 0.331 e. The maximum atomic E-state index is 12.2. The summed E-state index contributed by atoms with van der Waals surface area (Å²) in [6, 6.07) is 13.1. The molecule has 0 bridgehead atoms. The Morgan fingerprint density at radius 1 is 1.13 bits per heavy atom. The summed E-state index contributed by atoms with van der Waals surface area (Å²) in [4.78, 5) is 12.2. The summed E-state index contributed by atoms with van der Waals surface area (Å²) >= 11 is 0. The first-order valence-electron chi connectivity index (χ1n) is 9.60. The number of hydrogen-bond donors (Lipinski definition) is 0. The molecular weight excluding hydrogens is 384 g/mol. The molecule has 0 spiro atoms. The molecule has 156 valence electrons. The lowest BCUT2D eigenvalue weighted by molar-refractivity contribution is -0.143. The lowest BCUT2D eigenvalue weighted by atomic mass is 10.1. The summed E-state index contributed by atoms with van der Waals surface area (Å²) in [6.45, 7) is 6.12. The first-order chi connectivity index (χ1) is 14.5. The van der Waals surface area contributed by atoms with Gasteiger partial charge in [-0.15, -0.1) is 10.2 Å². The molecule has 7 heteroatoms. The molecule has 1 heterocycles. The molecule has 0 radical (unpaired) electrons. The van der Waals surface area contributed by atoms with Crippen LogP contribution in [0.4, 0.5) is 0 Å². The molecule has 1 atom stereocenters. The SMILES string of the molecule is CCOc1ccc(/C=C/C(=O)OC(C)c2nnc(-c3ccc(C)cc3)o2)cc1OC. The van der Waals surface area contributed by atoms with E-state index < -0.39 is 12.1 Å². The summed E-state index contributed by atoms with van der Waals surface area (Å²) in [5, 5.41) is 8.02. The normalized spacial score (nSPS) is 12.0. The molecule has 7 nitrogen and oxygen atoms in total. The number of carbonyl (C=O) groups is 1. The van der Waals surface area contributed by atoms with E-state index in [2.05, 4.69) is 10.2 Å². The summed E-state index contributed by atoms with van der Waals surface area (Å²) in [7, 11) is 1.57. The number of ether oxygens (including phenoxy) is 3. The predicted octanol–water partition coefficient (Wildman–Crippen LogP) is 4.77. The van der Waals surface area contributed by atoms with Crippen LogP contribution in [0.15, 0.2) is 53.0 Å². The zero-order valence-electron chi connectivity index (χ0n) is 17.4. The number of methoxy groups -OCH3 is 1. The zero-order valence-corrected chi connectivity index (χ0v) is 17.4. The van der Waals surface area contributed by atoms with Gasteiger partial charge in [-0.1, -0.05) is 23.8 Å². The minimum atomic E-state index is -0.677. The van der Waals surface area contributed by atoms with E-state index in [1.54, 1.807) is 32.2 Å². The molecule has 0 aliphatic heterocycles. The number of hydrogen-bond acceptors (Lipinski definition) is 7. The van der Waals surface area contributed by atoms with Gasteiger partial charge in [-0.25, -0.2) is 4.79 Å². The first kappa shape index (κ1) is 21.1. The van der Waals surface area contributed by atoms with Crippen molar-refractivity contribution in [1.29, 1.82) is 0 Å². The molecule has 30 heavy (non-hydrogen) atoms. The van der Waals surface area contributed by atoms with E-state index in [0.717, 1.165) is 16.7 Å². The van der Waals surface area contributed by atoms with Gasteiger partial charge in [0.05, 0.1) is 13.7 Å². The lowest BCUT2D eigenvalue weighted by Gasteiger charge is -2.09. The number of carbonyl (C=O) groups excluding carboxylic acids is 1. The molecular formula is C23H24N2O5. The van der Waals surface area contributed by atoms with Crippen LogP contribution in [0.2, 0.25) is 0 Å². The molecule has 0 saturated heterocycles. The van der Waals surface area contributed by atoms with Crippen LogP contribution in [-0.2, 0) is 9.53 Å². The number of aryl methyl sites for hydroxylation is 1. The van der Waals surface area contributed by atoms with Gasteiger partial charge in [0, 0.05) is 11.6 Å². The van der Waals surface area contributed by atoms with E-state index in [1.807, 2.05) is 44.2 Å². The Balaban J connectivity index is 1.62. The van der Waals surface area contributed by atoms with Gasteiger partial charge in [0.25, 0.3) is 5.89 Å². The van der Waals surface area contributed by atoms with E-state index in [1.165, 1.54) is 6.08 Å². The van der Waals surface area contributed by atoms with Crippen LogP contribution in [0.1, 0.15) is 37.0 Å². The number of benzene rings is 2. The average Bonchev–Trinajstić information content (AvgIpc) is 3.24. The highest BCUT2D eigenvalue weighted by Crippen LogP contribution is 2.28. The van der Waals surface area contributed by atoms with Crippen LogP contribution in [0, 0.1) is 6.92 Å².